The number of carboxylic acid groups (broad SMARTS) is 1. The van der Waals surface area contributed by atoms with Gasteiger partial charge in [0.1, 0.15) is 5.92 Å². The van der Waals surface area contributed by atoms with Crippen LogP contribution in [0.1, 0.15) is 47.0 Å². The van der Waals surface area contributed by atoms with Gasteiger partial charge in [-0.05, 0) is 24.7 Å². The van der Waals surface area contributed by atoms with Gasteiger partial charge < -0.3 is 10.0 Å². The van der Waals surface area contributed by atoms with Crippen molar-refractivity contribution in [3.63, 3.8) is 0 Å². The van der Waals surface area contributed by atoms with Crippen molar-refractivity contribution in [2.75, 3.05) is 6.54 Å². The SMILES string of the molecule is CCCN(C(=O)C(C(=O)O)C(C)(C)C)C1CC1. The molecule has 98 valence electrons. The molecule has 4 heteroatoms. The van der Waals surface area contributed by atoms with Gasteiger partial charge in [0.25, 0.3) is 0 Å². The number of carbonyl (C=O) groups excluding carboxylic acids is 1. The third kappa shape index (κ3) is 3.45. The number of amides is 1. The minimum absolute atomic E-state index is 0.214. The van der Waals surface area contributed by atoms with Crippen molar-refractivity contribution in [2.45, 2.75) is 53.0 Å². The molecule has 0 spiro atoms. The van der Waals surface area contributed by atoms with E-state index in [2.05, 4.69) is 0 Å². The molecule has 0 aromatic heterocycles. The van der Waals surface area contributed by atoms with E-state index in [9.17, 15) is 14.7 Å². The summed E-state index contributed by atoms with van der Waals surface area (Å²) in [5.74, 6) is -2.16. The summed E-state index contributed by atoms with van der Waals surface area (Å²) >= 11 is 0. The molecule has 0 saturated heterocycles. The molecule has 17 heavy (non-hydrogen) atoms. The van der Waals surface area contributed by atoms with Gasteiger partial charge in [0.15, 0.2) is 0 Å². The van der Waals surface area contributed by atoms with Crippen molar-refractivity contribution in [1.82, 2.24) is 4.90 Å². The van der Waals surface area contributed by atoms with Gasteiger partial charge in [-0.15, -0.1) is 0 Å². The lowest BCUT2D eigenvalue weighted by Gasteiger charge is -2.32. The van der Waals surface area contributed by atoms with E-state index in [-0.39, 0.29) is 11.9 Å². The Balaban J connectivity index is 2.85. The second-order valence-electron chi connectivity index (χ2n) is 5.90. The summed E-state index contributed by atoms with van der Waals surface area (Å²) < 4.78 is 0. The predicted octanol–water partition coefficient (Wildman–Crippen LogP) is 2.13. The first-order valence-corrected chi connectivity index (χ1v) is 6.32. The largest absolute Gasteiger partial charge is 0.481 e. The number of hydrogen-bond donors (Lipinski definition) is 1. The van der Waals surface area contributed by atoms with E-state index in [0.717, 1.165) is 19.3 Å². The van der Waals surface area contributed by atoms with Gasteiger partial charge in [0.2, 0.25) is 5.91 Å². The van der Waals surface area contributed by atoms with E-state index in [4.69, 9.17) is 0 Å². The van der Waals surface area contributed by atoms with Crippen LogP contribution in [-0.4, -0.2) is 34.5 Å². The lowest BCUT2D eigenvalue weighted by atomic mass is 9.79. The van der Waals surface area contributed by atoms with Crippen molar-refractivity contribution < 1.29 is 14.7 Å². The minimum Gasteiger partial charge on any atom is -0.481 e. The summed E-state index contributed by atoms with van der Waals surface area (Å²) in [4.78, 5) is 25.4. The first kappa shape index (κ1) is 14.0. The molecular formula is C13H23NO3. The van der Waals surface area contributed by atoms with Gasteiger partial charge in [-0.2, -0.15) is 0 Å². The molecule has 1 saturated carbocycles. The fourth-order valence-electron chi connectivity index (χ4n) is 2.11. The van der Waals surface area contributed by atoms with E-state index in [1.54, 1.807) is 25.7 Å². The zero-order valence-corrected chi connectivity index (χ0v) is 11.2. The molecular weight excluding hydrogens is 218 g/mol. The van der Waals surface area contributed by atoms with Crippen LogP contribution in [0, 0.1) is 11.3 Å². The van der Waals surface area contributed by atoms with Gasteiger partial charge in [-0.1, -0.05) is 27.7 Å². The monoisotopic (exact) mass is 241 g/mol. The summed E-state index contributed by atoms with van der Waals surface area (Å²) in [6.07, 6.45) is 2.91. The molecule has 1 atom stereocenters. The highest BCUT2D eigenvalue weighted by Gasteiger charge is 2.43. The van der Waals surface area contributed by atoms with Gasteiger partial charge in [0.05, 0.1) is 0 Å². The summed E-state index contributed by atoms with van der Waals surface area (Å²) in [6, 6.07) is 0.284. The average Bonchev–Trinajstić information content (AvgIpc) is 2.93. The van der Waals surface area contributed by atoms with Crippen molar-refractivity contribution in [3.8, 4) is 0 Å². The number of hydrogen-bond acceptors (Lipinski definition) is 2. The lowest BCUT2D eigenvalue weighted by Crippen LogP contribution is -2.46. The molecule has 1 N–H and O–H groups in total. The zero-order chi connectivity index (χ0) is 13.2. The van der Waals surface area contributed by atoms with Crippen LogP contribution in [0.2, 0.25) is 0 Å². The predicted molar refractivity (Wildman–Crippen MR) is 65.6 cm³/mol. The summed E-state index contributed by atoms with van der Waals surface area (Å²) in [5.41, 5.74) is -0.538. The molecule has 0 aromatic carbocycles. The molecule has 1 fully saturated rings. The molecule has 0 radical (unpaired) electrons. The van der Waals surface area contributed by atoms with Crippen LogP contribution in [0.3, 0.4) is 0 Å². The fourth-order valence-corrected chi connectivity index (χ4v) is 2.11. The molecule has 1 unspecified atom stereocenters. The van der Waals surface area contributed by atoms with Gasteiger partial charge in [0, 0.05) is 12.6 Å². The highest BCUT2D eigenvalue weighted by molar-refractivity contribution is 5.98. The molecule has 0 aromatic rings. The van der Waals surface area contributed by atoms with Gasteiger partial charge in [-0.25, -0.2) is 0 Å². The Morgan fingerprint density at radius 3 is 2.18 bits per heavy atom. The number of aliphatic carboxylic acids is 1. The lowest BCUT2D eigenvalue weighted by molar-refractivity contribution is -0.156. The zero-order valence-electron chi connectivity index (χ0n) is 11.2. The van der Waals surface area contributed by atoms with Crippen molar-refractivity contribution in [3.05, 3.63) is 0 Å². The second-order valence-corrected chi connectivity index (χ2v) is 5.90. The Hall–Kier alpha value is -1.06. The van der Waals surface area contributed by atoms with Crippen LogP contribution in [0.25, 0.3) is 0 Å². The molecule has 1 rings (SSSR count). The van der Waals surface area contributed by atoms with Crippen LogP contribution < -0.4 is 0 Å². The maximum Gasteiger partial charge on any atom is 0.316 e. The Kier molecular flexibility index (Phi) is 4.17. The average molecular weight is 241 g/mol. The topological polar surface area (TPSA) is 57.6 Å². The summed E-state index contributed by atoms with van der Waals surface area (Å²) in [7, 11) is 0. The minimum atomic E-state index is -1.01. The number of nitrogens with zero attached hydrogens (tertiary/aromatic N) is 1. The first-order chi connectivity index (χ1) is 7.79. The Morgan fingerprint density at radius 2 is 1.88 bits per heavy atom. The second kappa shape index (κ2) is 5.07. The van der Waals surface area contributed by atoms with Crippen LogP contribution in [0.5, 0.6) is 0 Å². The third-order valence-corrected chi connectivity index (χ3v) is 3.10. The van der Waals surface area contributed by atoms with Crippen LogP contribution in [-0.2, 0) is 9.59 Å². The summed E-state index contributed by atoms with van der Waals surface area (Å²) in [6.45, 7) is 8.10. The van der Waals surface area contributed by atoms with Crippen LogP contribution in [0.15, 0.2) is 0 Å². The standard InChI is InChI=1S/C13H23NO3/c1-5-8-14(9-6-7-9)11(15)10(12(16)17)13(2,3)4/h9-10H,5-8H2,1-4H3,(H,16,17). The Bertz CT molecular complexity index is 302. The molecule has 1 aliphatic rings. The van der Waals surface area contributed by atoms with E-state index < -0.39 is 17.3 Å². The van der Waals surface area contributed by atoms with E-state index in [1.165, 1.54) is 0 Å². The molecule has 1 aliphatic carbocycles. The molecule has 0 bridgehead atoms. The van der Waals surface area contributed by atoms with E-state index in [0.29, 0.717) is 6.54 Å². The summed E-state index contributed by atoms with van der Waals surface area (Å²) in [5, 5.41) is 9.25. The molecule has 0 heterocycles. The molecule has 4 nitrogen and oxygen atoms in total. The Labute approximate surface area is 103 Å². The Morgan fingerprint density at radius 1 is 1.35 bits per heavy atom. The number of carbonyl (C=O) groups is 2. The maximum absolute atomic E-state index is 12.3. The highest BCUT2D eigenvalue weighted by Crippen LogP contribution is 2.33. The van der Waals surface area contributed by atoms with Gasteiger partial charge in [-0.3, -0.25) is 9.59 Å². The van der Waals surface area contributed by atoms with Crippen molar-refractivity contribution in [1.29, 1.82) is 0 Å². The number of rotatable bonds is 5. The first-order valence-electron chi connectivity index (χ1n) is 6.32. The van der Waals surface area contributed by atoms with Gasteiger partial charge >= 0.3 is 5.97 Å². The van der Waals surface area contributed by atoms with Crippen molar-refractivity contribution in [2.24, 2.45) is 11.3 Å². The fraction of sp³-hybridized carbons (Fsp3) is 0.846. The molecule has 1 amide bonds. The van der Waals surface area contributed by atoms with Crippen LogP contribution >= 0.6 is 0 Å². The quantitative estimate of drug-likeness (QED) is 0.750. The van der Waals surface area contributed by atoms with Crippen LogP contribution in [0.4, 0.5) is 0 Å². The normalized spacial score (nSPS) is 17.6. The van der Waals surface area contributed by atoms with Crippen molar-refractivity contribution >= 4 is 11.9 Å². The number of carboxylic acids is 1. The maximum atomic E-state index is 12.3. The molecule has 0 aliphatic heterocycles. The van der Waals surface area contributed by atoms with E-state index in [1.807, 2.05) is 6.92 Å². The smallest absolute Gasteiger partial charge is 0.316 e. The third-order valence-electron chi connectivity index (χ3n) is 3.10. The highest BCUT2D eigenvalue weighted by atomic mass is 16.4. The van der Waals surface area contributed by atoms with E-state index >= 15 is 0 Å².